The van der Waals surface area contributed by atoms with Crippen LogP contribution >= 0.6 is 0 Å². The molecule has 0 amide bonds. The van der Waals surface area contributed by atoms with Crippen LogP contribution in [0.3, 0.4) is 0 Å². The number of hydrogen-bond donors (Lipinski definition) is 1. The van der Waals surface area contributed by atoms with E-state index in [2.05, 4.69) is 29.1 Å². The van der Waals surface area contributed by atoms with E-state index in [-0.39, 0.29) is 11.4 Å². The van der Waals surface area contributed by atoms with Gasteiger partial charge in [0.25, 0.3) is 0 Å². The summed E-state index contributed by atoms with van der Waals surface area (Å²) in [4.78, 5) is 19.2. The predicted molar refractivity (Wildman–Crippen MR) is 163 cm³/mol. The minimum atomic E-state index is -1.10. The van der Waals surface area contributed by atoms with Gasteiger partial charge >= 0.3 is 5.97 Å². The molecule has 0 unspecified atom stereocenters. The lowest BCUT2D eigenvalue weighted by Crippen LogP contribution is -2.37. The minimum Gasteiger partial charge on any atom is -0.488 e. The highest BCUT2D eigenvalue weighted by atomic mass is 16.5. The predicted octanol–water partition coefficient (Wildman–Crippen LogP) is 5.42. The fourth-order valence-electron chi connectivity index (χ4n) is 6.22. The molecule has 1 saturated heterocycles. The first-order chi connectivity index (χ1) is 20.9. The zero-order chi connectivity index (χ0) is 29.9. The van der Waals surface area contributed by atoms with Gasteiger partial charge in [-0.3, -0.25) is 4.90 Å². The second kappa shape index (κ2) is 12.6. The van der Waals surface area contributed by atoms with Crippen LogP contribution in [0.5, 0.6) is 11.6 Å². The van der Waals surface area contributed by atoms with Gasteiger partial charge in [-0.25, -0.2) is 9.78 Å². The fraction of sp³-hybridized carbons (Fsp3) is 0.382. The van der Waals surface area contributed by atoms with Crippen molar-refractivity contribution in [2.45, 2.75) is 52.7 Å². The molecule has 0 saturated carbocycles. The number of aromatic carboxylic acids is 1. The van der Waals surface area contributed by atoms with Gasteiger partial charge in [-0.15, -0.1) is 0 Å². The van der Waals surface area contributed by atoms with Crippen LogP contribution < -0.4 is 9.47 Å². The molecule has 4 aromatic rings. The third-order valence-corrected chi connectivity index (χ3v) is 8.59. The van der Waals surface area contributed by atoms with E-state index in [0.717, 1.165) is 62.4 Å². The van der Waals surface area contributed by atoms with Crippen LogP contribution in [0.4, 0.5) is 0 Å². The van der Waals surface area contributed by atoms with Crippen LogP contribution in [0.2, 0.25) is 0 Å². The molecule has 2 aromatic carbocycles. The Balaban J connectivity index is 1.25. The van der Waals surface area contributed by atoms with E-state index in [9.17, 15) is 9.90 Å². The molecule has 9 nitrogen and oxygen atoms in total. The number of carboxylic acids is 1. The number of hydrogen-bond acceptors (Lipinski definition) is 7. The van der Waals surface area contributed by atoms with Crippen molar-refractivity contribution in [2.75, 3.05) is 32.9 Å². The zero-order valence-electron chi connectivity index (χ0n) is 25.0. The molecule has 2 aliphatic heterocycles. The number of rotatable bonds is 9. The lowest BCUT2D eigenvalue weighted by molar-refractivity contribution is 0.0692. The topological polar surface area (TPSA) is 98.9 Å². The highest BCUT2D eigenvalue weighted by molar-refractivity contribution is 5.90. The summed E-state index contributed by atoms with van der Waals surface area (Å²) in [5.74, 6) is 0.277. The Kier molecular flexibility index (Phi) is 8.44. The smallest absolute Gasteiger partial charge is 0.342 e. The van der Waals surface area contributed by atoms with E-state index >= 15 is 0 Å². The average molecular weight is 583 g/mol. The largest absolute Gasteiger partial charge is 0.488 e. The van der Waals surface area contributed by atoms with Gasteiger partial charge in [0.15, 0.2) is 5.82 Å². The number of para-hydroxylation sites is 1. The van der Waals surface area contributed by atoms with Crippen LogP contribution in [0.15, 0.2) is 54.7 Å². The van der Waals surface area contributed by atoms with Gasteiger partial charge < -0.3 is 19.3 Å². The van der Waals surface area contributed by atoms with Crippen molar-refractivity contribution in [1.82, 2.24) is 19.7 Å². The van der Waals surface area contributed by atoms with Crippen molar-refractivity contribution >= 4 is 5.97 Å². The van der Waals surface area contributed by atoms with Crippen molar-refractivity contribution in [1.29, 1.82) is 0 Å². The van der Waals surface area contributed by atoms with Crippen molar-refractivity contribution in [3.63, 3.8) is 0 Å². The van der Waals surface area contributed by atoms with Crippen LogP contribution in [0.1, 0.15) is 51.5 Å². The molecule has 1 fully saturated rings. The number of nitrogens with zero attached hydrogens (tertiary/aromatic N) is 4. The Morgan fingerprint density at radius 1 is 1.07 bits per heavy atom. The standard InChI is InChI=1S/C34H38N4O5/c1-4-42-33-29(34(39)40)19-35-38(33)31-10-6-9-30(36-31)28-8-5-7-22(2)32(28)43-20-25-12-11-24-13-16-37(26-15-18-41-21-26)17-14-27(24)23(25)3/h5-12,19,26H,4,13-18,20-21H2,1-3H3,(H,39,40)/t26-/m1/s1. The summed E-state index contributed by atoms with van der Waals surface area (Å²) in [5, 5.41) is 13.8. The van der Waals surface area contributed by atoms with E-state index in [0.29, 0.717) is 30.8 Å². The van der Waals surface area contributed by atoms with Crippen LogP contribution in [-0.2, 0) is 24.2 Å². The summed E-state index contributed by atoms with van der Waals surface area (Å²) < 4.78 is 19.3. The highest BCUT2D eigenvalue weighted by Gasteiger charge is 2.26. The molecule has 1 atom stereocenters. The van der Waals surface area contributed by atoms with Crippen molar-refractivity contribution in [3.05, 3.63) is 88.1 Å². The maximum atomic E-state index is 11.7. The molecule has 6 rings (SSSR count). The second-order valence-electron chi connectivity index (χ2n) is 11.2. The van der Waals surface area contributed by atoms with Crippen molar-refractivity contribution in [2.24, 2.45) is 0 Å². The molecule has 224 valence electrons. The monoisotopic (exact) mass is 582 g/mol. The van der Waals surface area contributed by atoms with E-state index in [4.69, 9.17) is 19.2 Å². The lowest BCUT2D eigenvalue weighted by atomic mass is 9.94. The van der Waals surface area contributed by atoms with E-state index < -0.39 is 5.97 Å². The van der Waals surface area contributed by atoms with Gasteiger partial charge in [-0.2, -0.15) is 9.78 Å². The number of aryl methyl sites for hydroxylation is 1. The molecular formula is C34H38N4O5. The molecule has 0 spiro atoms. The number of aromatic nitrogens is 3. The summed E-state index contributed by atoms with van der Waals surface area (Å²) in [6.45, 7) is 10.7. The third-order valence-electron chi connectivity index (χ3n) is 8.59. The van der Waals surface area contributed by atoms with Crippen LogP contribution in [-0.4, -0.2) is 69.7 Å². The van der Waals surface area contributed by atoms with Gasteiger partial charge in [0.1, 0.15) is 17.9 Å². The van der Waals surface area contributed by atoms with Gasteiger partial charge in [0, 0.05) is 31.3 Å². The summed E-state index contributed by atoms with van der Waals surface area (Å²) in [7, 11) is 0. The average Bonchev–Trinajstić information content (AvgIpc) is 3.64. The van der Waals surface area contributed by atoms with E-state index in [1.54, 1.807) is 13.0 Å². The molecule has 2 aromatic heterocycles. The van der Waals surface area contributed by atoms with Crippen LogP contribution in [0, 0.1) is 13.8 Å². The molecule has 4 heterocycles. The first kappa shape index (κ1) is 28.9. The Hall–Kier alpha value is -4.21. The highest BCUT2D eigenvalue weighted by Crippen LogP contribution is 2.34. The SMILES string of the molecule is CCOc1c(C(=O)O)cnn1-c1cccc(-c2cccc(C)c2OCc2ccc3c(c2C)CCN([C@@H]2CCOC2)CC3)n1. The Bertz CT molecular complexity index is 1630. The maximum Gasteiger partial charge on any atom is 0.342 e. The number of carboxylic acid groups (broad SMARTS) is 1. The van der Waals surface area contributed by atoms with Crippen molar-refractivity contribution in [3.8, 4) is 28.7 Å². The summed E-state index contributed by atoms with van der Waals surface area (Å²) >= 11 is 0. The van der Waals surface area contributed by atoms with Gasteiger partial charge in [0.2, 0.25) is 5.88 Å². The minimum absolute atomic E-state index is 0.00925. The number of pyridine rings is 1. The van der Waals surface area contributed by atoms with Crippen LogP contribution in [0.25, 0.3) is 17.1 Å². The molecule has 0 radical (unpaired) electrons. The van der Waals surface area contributed by atoms with E-state index in [1.165, 1.54) is 33.1 Å². The van der Waals surface area contributed by atoms with E-state index in [1.807, 2.05) is 37.3 Å². The summed E-state index contributed by atoms with van der Waals surface area (Å²) in [5.41, 5.74) is 7.94. The molecular weight excluding hydrogens is 544 g/mol. The fourth-order valence-corrected chi connectivity index (χ4v) is 6.22. The quantitative estimate of drug-likeness (QED) is 0.280. The maximum absolute atomic E-state index is 11.7. The Labute approximate surface area is 252 Å². The number of carbonyl (C=O) groups is 1. The molecule has 0 aliphatic carbocycles. The Morgan fingerprint density at radius 2 is 1.91 bits per heavy atom. The van der Waals surface area contributed by atoms with Gasteiger partial charge in [-0.05, 0) is 86.1 Å². The van der Waals surface area contributed by atoms with Gasteiger partial charge in [0.05, 0.1) is 25.1 Å². The molecule has 1 N–H and O–H groups in total. The normalized spacial score (nSPS) is 17.0. The van der Waals surface area contributed by atoms with Crippen molar-refractivity contribution < 1.29 is 24.1 Å². The summed E-state index contributed by atoms with van der Waals surface area (Å²) in [6.07, 6.45) is 4.52. The third kappa shape index (κ3) is 5.87. The molecule has 9 heteroatoms. The first-order valence-electron chi connectivity index (χ1n) is 15.0. The molecule has 2 aliphatic rings. The van der Waals surface area contributed by atoms with Gasteiger partial charge in [-0.1, -0.05) is 30.3 Å². The number of benzene rings is 2. The molecule has 43 heavy (non-hydrogen) atoms. The first-order valence-corrected chi connectivity index (χ1v) is 15.0. The molecule has 0 bridgehead atoms. The lowest BCUT2D eigenvalue weighted by Gasteiger charge is -2.25. The second-order valence-corrected chi connectivity index (χ2v) is 11.2. The summed E-state index contributed by atoms with van der Waals surface area (Å²) in [6, 6.07) is 16.6. The number of ether oxygens (including phenoxy) is 3. The Morgan fingerprint density at radius 3 is 2.70 bits per heavy atom. The number of fused-ring (bicyclic) bond motifs is 1. The zero-order valence-corrected chi connectivity index (χ0v) is 25.0.